The van der Waals surface area contributed by atoms with Gasteiger partial charge in [-0.25, -0.2) is 14.3 Å². The molecule has 0 spiro atoms. The number of carboxylic acid groups (broad SMARTS) is 2. The van der Waals surface area contributed by atoms with Crippen LogP contribution in [0.1, 0.15) is 38.9 Å². The van der Waals surface area contributed by atoms with E-state index in [0.717, 1.165) is 0 Å². The van der Waals surface area contributed by atoms with Gasteiger partial charge in [-0.3, -0.25) is 14.7 Å². The molecule has 0 unspecified atom stereocenters. The number of hydrogen-bond donors (Lipinski definition) is 3. The first kappa shape index (κ1) is 23.2. The molecule has 35 heavy (non-hydrogen) atoms. The molecule has 1 amide bonds. The fourth-order valence-corrected chi connectivity index (χ4v) is 3.56. The van der Waals surface area contributed by atoms with Crippen molar-refractivity contribution in [2.24, 2.45) is 5.10 Å². The Kier molecular flexibility index (Phi) is 6.03. The zero-order valence-electron chi connectivity index (χ0n) is 18.7. The van der Waals surface area contributed by atoms with Crippen molar-refractivity contribution in [2.75, 3.05) is 5.01 Å². The Morgan fingerprint density at radius 2 is 1.43 bits per heavy atom. The Labute approximate surface area is 198 Å². The number of rotatable bonds is 6. The molecule has 0 aliphatic carbocycles. The fraction of sp³-hybridized carbons (Fsp3) is 0.0800. The van der Waals surface area contributed by atoms with Gasteiger partial charge in [0.15, 0.2) is 0 Å². The molecule has 3 N–H and O–H groups in total. The second-order valence-electron chi connectivity index (χ2n) is 7.74. The van der Waals surface area contributed by atoms with Gasteiger partial charge >= 0.3 is 11.9 Å². The lowest BCUT2D eigenvalue weighted by atomic mass is 10.1. The van der Waals surface area contributed by atoms with E-state index in [4.69, 9.17) is 10.2 Å². The molecule has 176 valence electrons. The number of carbonyl (C=O) groups excluding carboxylic acids is 1. The summed E-state index contributed by atoms with van der Waals surface area (Å²) < 4.78 is 1.31. The van der Waals surface area contributed by atoms with E-state index in [-0.39, 0.29) is 22.6 Å². The minimum atomic E-state index is -1.06. The number of allylic oxidation sites excluding steroid dienone is 2. The highest BCUT2D eigenvalue weighted by Gasteiger charge is 2.28. The minimum absolute atomic E-state index is 0.102. The number of H-pyrrole nitrogens is 1. The number of aromatic nitrogens is 2. The van der Waals surface area contributed by atoms with Gasteiger partial charge in [0.1, 0.15) is 0 Å². The maximum absolute atomic E-state index is 12.9. The highest BCUT2D eigenvalue weighted by molar-refractivity contribution is 6.29. The first-order chi connectivity index (χ1) is 16.7. The number of amides is 1. The number of carboxylic acids is 2. The summed E-state index contributed by atoms with van der Waals surface area (Å²) in [5.41, 5.74) is 2.59. The van der Waals surface area contributed by atoms with Crippen molar-refractivity contribution in [1.82, 2.24) is 9.78 Å². The van der Waals surface area contributed by atoms with Crippen molar-refractivity contribution in [1.29, 1.82) is 0 Å². The van der Waals surface area contributed by atoms with Crippen LogP contribution in [0.4, 0.5) is 5.69 Å². The average Bonchev–Trinajstić information content (AvgIpc) is 3.28. The quantitative estimate of drug-likeness (QED) is 0.470. The van der Waals surface area contributed by atoms with Crippen molar-refractivity contribution in [3.05, 3.63) is 99.0 Å². The Balaban J connectivity index is 1.56. The van der Waals surface area contributed by atoms with Crippen molar-refractivity contribution in [3.8, 4) is 5.69 Å². The molecule has 10 heteroatoms. The molecule has 1 aliphatic heterocycles. The standard InChI is InChI=1S/C25H20N4O6/c1-14-20(22(30)28(26-14)18-10-6-16(7-11-18)24(32)33)4-3-5-21-15(2)27-29(23(21)31)19-12-8-17(9-13-19)25(34)35/h3-13,26H,1-2H3,(H,32,33)(H,34,35)/b4-3?,21-5-. The molecule has 1 aromatic heterocycles. The number of anilines is 1. The number of nitrogens with one attached hydrogen (secondary N) is 1. The molecular formula is C25H20N4O6. The molecule has 1 aliphatic rings. The van der Waals surface area contributed by atoms with Gasteiger partial charge in [0.2, 0.25) is 0 Å². The molecule has 0 atom stereocenters. The number of aryl methyl sites for hydroxylation is 1. The molecule has 0 fully saturated rings. The summed E-state index contributed by atoms with van der Waals surface area (Å²) in [6, 6.07) is 11.7. The van der Waals surface area contributed by atoms with E-state index in [0.29, 0.717) is 33.9 Å². The second-order valence-corrected chi connectivity index (χ2v) is 7.74. The number of aromatic amines is 1. The monoisotopic (exact) mass is 472 g/mol. The number of benzene rings is 2. The van der Waals surface area contributed by atoms with Crippen LogP contribution in [0.5, 0.6) is 0 Å². The van der Waals surface area contributed by atoms with Gasteiger partial charge < -0.3 is 10.2 Å². The van der Waals surface area contributed by atoms with E-state index in [1.165, 1.54) is 58.2 Å². The van der Waals surface area contributed by atoms with E-state index < -0.39 is 11.9 Å². The first-order valence-corrected chi connectivity index (χ1v) is 10.4. The normalized spacial score (nSPS) is 14.7. The second kappa shape index (κ2) is 9.10. The Morgan fingerprint density at radius 1 is 0.886 bits per heavy atom. The Hall–Kier alpha value is -4.99. The van der Waals surface area contributed by atoms with Gasteiger partial charge in [-0.05, 0) is 74.5 Å². The predicted octanol–water partition coefficient (Wildman–Crippen LogP) is 3.23. The smallest absolute Gasteiger partial charge is 0.335 e. The maximum Gasteiger partial charge on any atom is 0.335 e. The van der Waals surface area contributed by atoms with Crippen LogP contribution in [-0.4, -0.2) is 43.6 Å². The van der Waals surface area contributed by atoms with E-state index in [2.05, 4.69) is 10.2 Å². The van der Waals surface area contributed by atoms with E-state index in [9.17, 15) is 19.2 Å². The van der Waals surface area contributed by atoms with Crippen molar-refractivity contribution >= 4 is 35.3 Å². The van der Waals surface area contributed by atoms with E-state index in [1.54, 1.807) is 32.1 Å². The molecule has 2 aromatic carbocycles. The number of aromatic carboxylic acids is 2. The maximum atomic E-state index is 12.9. The summed E-state index contributed by atoms with van der Waals surface area (Å²) in [4.78, 5) is 47.8. The van der Waals surface area contributed by atoms with Gasteiger partial charge in [0.25, 0.3) is 11.5 Å². The highest BCUT2D eigenvalue weighted by Crippen LogP contribution is 2.24. The van der Waals surface area contributed by atoms with Crippen LogP contribution in [0, 0.1) is 6.92 Å². The number of hydrazone groups is 1. The summed E-state index contributed by atoms with van der Waals surface area (Å²) in [5, 5.41) is 26.5. The predicted molar refractivity (Wildman–Crippen MR) is 129 cm³/mol. The van der Waals surface area contributed by atoms with Crippen molar-refractivity contribution in [2.45, 2.75) is 13.8 Å². The third kappa shape index (κ3) is 4.44. The lowest BCUT2D eigenvalue weighted by molar-refractivity contribution is -0.114. The topological polar surface area (TPSA) is 145 Å². The summed E-state index contributed by atoms with van der Waals surface area (Å²) >= 11 is 0. The molecule has 0 saturated carbocycles. The van der Waals surface area contributed by atoms with Gasteiger partial charge in [-0.15, -0.1) is 0 Å². The largest absolute Gasteiger partial charge is 0.478 e. The number of carbonyl (C=O) groups is 3. The molecule has 0 bridgehead atoms. The molecule has 10 nitrogen and oxygen atoms in total. The number of hydrogen-bond acceptors (Lipinski definition) is 5. The summed E-state index contributed by atoms with van der Waals surface area (Å²) in [7, 11) is 0. The number of nitrogens with zero attached hydrogens (tertiary/aromatic N) is 3. The van der Waals surface area contributed by atoms with Gasteiger partial charge in [-0.2, -0.15) is 10.1 Å². The Morgan fingerprint density at radius 3 is 1.97 bits per heavy atom. The van der Waals surface area contributed by atoms with Crippen molar-refractivity contribution in [3.63, 3.8) is 0 Å². The van der Waals surface area contributed by atoms with Gasteiger partial charge in [0.05, 0.1) is 39.3 Å². The van der Waals surface area contributed by atoms with Crippen LogP contribution in [0.3, 0.4) is 0 Å². The molecule has 0 radical (unpaired) electrons. The lowest BCUT2D eigenvalue weighted by Gasteiger charge is -2.11. The zero-order valence-corrected chi connectivity index (χ0v) is 18.7. The van der Waals surface area contributed by atoms with Crippen LogP contribution in [0.25, 0.3) is 11.8 Å². The van der Waals surface area contributed by atoms with E-state index >= 15 is 0 Å². The third-order valence-electron chi connectivity index (χ3n) is 5.44. The van der Waals surface area contributed by atoms with Gasteiger partial charge in [-0.1, -0.05) is 6.08 Å². The molecule has 3 aromatic rings. The highest BCUT2D eigenvalue weighted by atomic mass is 16.4. The van der Waals surface area contributed by atoms with Gasteiger partial charge in [0, 0.05) is 5.69 Å². The SMILES string of the molecule is CC1=NN(c2ccc(C(=O)O)cc2)C(=O)/C1=C\C=Cc1c(C)[nH]n(-c2ccc(C(=O)O)cc2)c1=O. The van der Waals surface area contributed by atoms with Crippen LogP contribution < -0.4 is 10.6 Å². The van der Waals surface area contributed by atoms with Crippen LogP contribution in [-0.2, 0) is 4.79 Å². The lowest BCUT2D eigenvalue weighted by Crippen LogP contribution is -2.21. The molecule has 0 saturated heterocycles. The first-order valence-electron chi connectivity index (χ1n) is 10.4. The molecule has 4 rings (SSSR count). The fourth-order valence-electron chi connectivity index (χ4n) is 3.56. The third-order valence-corrected chi connectivity index (χ3v) is 5.44. The van der Waals surface area contributed by atoms with Crippen molar-refractivity contribution < 1.29 is 24.6 Å². The Bertz CT molecular complexity index is 1490. The van der Waals surface area contributed by atoms with Crippen LogP contribution in [0.2, 0.25) is 0 Å². The summed E-state index contributed by atoms with van der Waals surface area (Å²) in [6.45, 7) is 3.41. The van der Waals surface area contributed by atoms with Crippen LogP contribution >= 0.6 is 0 Å². The average molecular weight is 472 g/mol. The molecular weight excluding hydrogens is 452 g/mol. The molecule has 2 heterocycles. The summed E-state index contributed by atoms with van der Waals surface area (Å²) in [6.07, 6.45) is 4.72. The zero-order chi connectivity index (χ0) is 25.3. The minimum Gasteiger partial charge on any atom is -0.478 e. The summed E-state index contributed by atoms with van der Waals surface area (Å²) in [5.74, 6) is -2.50. The van der Waals surface area contributed by atoms with E-state index in [1.807, 2.05) is 0 Å². The van der Waals surface area contributed by atoms with Crippen LogP contribution in [0.15, 0.2) is 76.2 Å².